The zero-order valence-corrected chi connectivity index (χ0v) is 18.1. The molecule has 1 aromatic carbocycles. The number of ether oxygens (including phenoxy) is 1. The van der Waals surface area contributed by atoms with Crippen molar-refractivity contribution >= 4 is 23.0 Å². The molecule has 1 atom stereocenters. The third kappa shape index (κ3) is 5.16. The highest BCUT2D eigenvalue weighted by atomic mass is 32.1. The number of para-hydroxylation sites is 2. The van der Waals surface area contributed by atoms with E-state index in [1.54, 1.807) is 18.4 Å². The monoisotopic (exact) mass is 401 g/mol. The number of benzene rings is 1. The van der Waals surface area contributed by atoms with Gasteiger partial charge in [0.25, 0.3) is 0 Å². The average Bonchev–Trinajstić information content (AvgIpc) is 3.04. The number of aryl methyl sites for hydroxylation is 2. The molecule has 0 radical (unpaired) electrons. The van der Waals surface area contributed by atoms with Crippen molar-refractivity contribution in [2.24, 2.45) is 4.99 Å². The lowest BCUT2D eigenvalue weighted by molar-refractivity contribution is 0.408. The average molecular weight is 402 g/mol. The maximum absolute atomic E-state index is 5.55. The van der Waals surface area contributed by atoms with Crippen LogP contribution in [0.2, 0.25) is 0 Å². The molecule has 0 aliphatic carbocycles. The first kappa shape index (κ1) is 20.5. The zero-order chi connectivity index (χ0) is 19.9. The van der Waals surface area contributed by atoms with Crippen LogP contribution in [0.1, 0.15) is 35.3 Å². The quantitative estimate of drug-likeness (QED) is 0.573. The minimum absolute atomic E-state index is 0.344. The number of aliphatic imine (C=N–C) groups is 1. The largest absolute Gasteiger partial charge is 0.495 e. The van der Waals surface area contributed by atoms with Gasteiger partial charge in [-0.15, -0.1) is 11.3 Å². The van der Waals surface area contributed by atoms with Gasteiger partial charge in [-0.2, -0.15) is 0 Å². The Kier molecular flexibility index (Phi) is 7.14. The van der Waals surface area contributed by atoms with E-state index in [4.69, 9.17) is 9.73 Å². The van der Waals surface area contributed by atoms with Crippen molar-refractivity contribution in [3.63, 3.8) is 0 Å². The van der Waals surface area contributed by atoms with E-state index in [2.05, 4.69) is 53.4 Å². The molecule has 1 aliphatic rings. The van der Waals surface area contributed by atoms with E-state index in [1.807, 2.05) is 12.1 Å². The SMILES string of the molecule is CCNC(=NCc1nc(C)c(C)s1)NC1CCCN(c2ccccc2OC)C1. The summed E-state index contributed by atoms with van der Waals surface area (Å²) in [5.41, 5.74) is 2.26. The normalized spacial score (nSPS) is 17.5. The topological polar surface area (TPSA) is 61.8 Å². The minimum atomic E-state index is 0.344. The number of hydrogen-bond acceptors (Lipinski definition) is 5. The Morgan fingerprint density at radius 2 is 2.18 bits per heavy atom. The van der Waals surface area contributed by atoms with Crippen LogP contribution in [0.4, 0.5) is 5.69 Å². The van der Waals surface area contributed by atoms with Crippen molar-refractivity contribution in [2.75, 3.05) is 31.6 Å². The van der Waals surface area contributed by atoms with Crippen LogP contribution in [0.15, 0.2) is 29.3 Å². The smallest absolute Gasteiger partial charge is 0.191 e. The number of nitrogens with zero attached hydrogens (tertiary/aromatic N) is 3. The molecule has 0 amide bonds. The fourth-order valence-corrected chi connectivity index (χ4v) is 4.33. The van der Waals surface area contributed by atoms with Crippen molar-refractivity contribution in [2.45, 2.75) is 46.2 Å². The second-order valence-electron chi connectivity index (χ2n) is 7.05. The van der Waals surface area contributed by atoms with Gasteiger partial charge in [0.1, 0.15) is 10.8 Å². The van der Waals surface area contributed by atoms with Crippen LogP contribution in [0, 0.1) is 13.8 Å². The molecule has 28 heavy (non-hydrogen) atoms. The van der Waals surface area contributed by atoms with Gasteiger partial charge < -0.3 is 20.3 Å². The van der Waals surface area contributed by atoms with Gasteiger partial charge >= 0.3 is 0 Å². The Hall–Kier alpha value is -2.28. The van der Waals surface area contributed by atoms with E-state index >= 15 is 0 Å². The molecular formula is C21H31N5OS. The summed E-state index contributed by atoms with van der Waals surface area (Å²) in [6.07, 6.45) is 2.27. The lowest BCUT2D eigenvalue weighted by Crippen LogP contribution is -2.51. The van der Waals surface area contributed by atoms with E-state index in [-0.39, 0.29) is 0 Å². The number of piperidine rings is 1. The Balaban J connectivity index is 1.66. The van der Waals surface area contributed by atoms with Crippen molar-refractivity contribution < 1.29 is 4.74 Å². The number of methoxy groups -OCH3 is 1. The summed E-state index contributed by atoms with van der Waals surface area (Å²) in [5, 5.41) is 8.05. The van der Waals surface area contributed by atoms with Gasteiger partial charge in [0.15, 0.2) is 5.96 Å². The van der Waals surface area contributed by atoms with Crippen LogP contribution >= 0.6 is 11.3 Å². The molecule has 7 heteroatoms. The molecular weight excluding hydrogens is 370 g/mol. The summed E-state index contributed by atoms with van der Waals surface area (Å²) < 4.78 is 5.55. The molecule has 6 nitrogen and oxygen atoms in total. The molecule has 2 aromatic rings. The third-order valence-corrected chi connectivity index (χ3v) is 6.04. The van der Waals surface area contributed by atoms with Crippen molar-refractivity contribution in [1.29, 1.82) is 0 Å². The summed E-state index contributed by atoms with van der Waals surface area (Å²) in [6, 6.07) is 8.58. The van der Waals surface area contributed by atoms with Crippen LogP contribution in [-0.2, 0) is 6.54 Å². The number of rotatable bonds is 6. The standard InChI is InChI=1S/C21H31N5OS/c1-5-22-21(23-13-20-24-15(2)16(3)28-20)25-17-9-8-12-26(14-17)18-10-6-7-11-19(18)27-4/h6-7,10-11,17H,5,8-9,12-14H2,1-4H3,(H2,22,23,25). The van der Waals surface area contributed by atoms with Gasteiger partial charge in [-0.1, -0.05) is 12.1 Å². The summed E-state index contributed by atoms with van der Waals surface area (Å²) in [4.78, 5) is 13.0. The first-order valence-electron chi connectivity index (χ1n) is 9.96. The molecule has 2 heterocycles. The predicted molar refractivity (Wildman–Crippen MR) is 118 cm³/mol. The molecule has 1 unspecified atom stereocenters. The fraction of sp³-hybridized carbons (Fsp3) is 0.524. The Labute approximate surface area is 172 Å². The van der Waals surface area contributed by atoms with Crippen molar-refractivity contribution in [3.05, 3.63) is 39.8 Å². The van der Waals surface area contributed by atoms with Gasteiger partial charge in [0.05, 0.1) is 25.0 Å². The first-order chi connectivity index (χ1) is 13.6. The lowest BCUT2D eigenvalue weighted by Gasteiger charge is -2.36. The number of aromatic nitrogens is 1. The number of hydrogen-bond donors (Lipinski definition) is 2. The number of nitrogens with one attached hydrogen (secondary N) is 2. The number of thiazole rings is 1. The van der Waals surface area contributed by atoms with E-state index in [9.17, 15) is 0 Å². The Bertz CT molecular complexity index is 784. The van der Waals surface area contributed by atoms with Gasteiger partial charge in [-0.05, 0) is 45.7 Å². The summed E-state index contributed by atoms with van der Waals surface area (Å²) in [6.45, 7) is 9.68. The molecule has 0 bridgehead atoms. The molecule has 152 valence electrons. The van der Waals surface area contributed by atoms with Crippen LogP contribution in [-0.4, -0.2) is 43.7 Å². The van der Waals surface area contributed by atoms with Gasteiger partial charge in [0, 0.05) is 30.6 Å². The van der Waals surface area contributed by atoms with Crippen LogP contribution in [0.5, 0.6) is 5.75 Å². The van der Waals surface area contributed by atoms with E-state index in [0.717, 1.165) is 60.6 Å². The Morgan fingerprint density at radius 1 is 1.36 bits per heavy atom. The van der Waals surface area contributed by atoms with Gasteiger partial charge in [-0.3, -0.25) is 0 Å². The molecule has 1 fully saturated rings. The number of guanidine groups is 1. The number of anilines is 1. The summed E-state index contributed by atoms with van der Waals surface area (Å²) in [7, 11) is 1.73. The van der Waals surface area contributed by atoms with Crippen LogP contribution in [0.3, 0.4) is 0 Å². The molecule has 1 saturated heterocycles. The van der Waals surface area contributed by atoms with Gasteiger partial charge in [-0.25, -0.2) is 9.98 Å². The molecule has 2 N–H and O–H groups in total. The first-order valence-corrected chi connectivity index (χ1v) is 10.8. The fourth-order valence-electron chi connectivity index (χ4n) is 3.47. The molecule has 1 aliphatic heterocycles. The Morgan fingerprint density at radius 3 is 2.89 bits per heavy atom. The van der Waals surface area contributed by atoms with Crippen molar-refractivity contribution in [1.82, 2.24) is 15.6 Å². The van der Waals surface area contributed by atoms with Crippen molar-refractivity contribution in [3.8, 4) is 5.75 Å². The summed E-state index contributed by atoms with van der Waals surface area (Å²) >= 11 is 1.73. The maximum Gasteiger partial charge on any atom is 0.191 e. The zero-order valence-electron chi connectivity index (χ0n) is 17.3. The van der Waals surface area contributed by atoms with E-state index in [0.29, 0.717) is 12.6 Å². The highest BCUT2D eigenvalue weighted by Crippen LogP contribution is 2.29. The third-order valence-electron chi connectivity index (χ3n) is 4.98. The predicted octanol–water partition coefficient (Wildman–Crippen LogP) is 3.49. The molecule has 0 spiro atoms. The van der Waals surface area contributed by atoms with E-state index in [1.165, 1.54) is 4.88 Å². The molecule has 0 saturated carbocycles. The molecule has 1 aromatic heterocycles. The second kappa shape index (κ2) is 9.78. The summed E-state index contributed by atoms with van der Waals surface area (Å²) in [5.74, 6) is 1.79. The van der Waals surface area contributed by atoms with Gasteiger partial charge in [0.2, 0.25) is 0 Å². The molecule has 3 rings (SSSR count). The van der Waals surface area contributed by atoms with Crippen LogP contribution in [0.25, 0.3) is 0 Å². The second-order valence-corrected chi connectivity index (χ2v) is 8.33. The van der Waals surface area contributed by atoms with E-state index < -0.39 is 0 Å². The highest BCUT2D eigenvalue weighted by Gasteiger charge is 2.22. The lowest BCUT2D eigenvalue weighted by atomic mass is 10.0. The maximum atomic E-state index is 5.55. The van der Waals surface area contributed by atoms with Crippen LogP contribution < -0.4 is 20.3 Å². The highest BCUT2D eigenvalue weighted by molar-refractivity contribution is 7.11. The minimum Gasteiger partial charge on any atom is -0.495 e.